The van der Waals surface area contributed by atoms with E-state index < -0.39 is 0 Å². The van der Waals surface area contributed by atoms with Gasteiger partial charge < -0.3 is 10.2 Å². The molecule has 0 saturated carbocycles. The van der Waals surface area contributed by atoms with Gasteiger partial charge in [0.15, 0.2) is 0 Å². The number of benzene rings is 1. The van der Waals surface area contributed by atoms with Crippen LogP contribution in [0, 0.1) is 13.8 Å². The van der Waals surface area contributed by atoms with Crippen LogP contribution >= 0.6 is 0 Å². The Bertz CT molecular complexity index is 367. The Hall–Kier alpha value is -0.860. The lowest BCUT2D eigenvalue weighted by Gasteiger charge is -2.32. The maximum atomic E-state index is 3.53. The third-order valence-corrected chi connectivity index (χ3v) is 3.67. The molecular formula is C15H26N2. The predicted molar refractivity (Wildman–Crippen MR) is 75.4 cm³/mol. The largest absolute Gasteiger partial charge is 0.311 e. The minimum absolute atomic E-state index is 0.194. The molecule has 96 valence electrons. The summed E-state index contributed by atoms with van der Waals surface area (Å²) in [4.78, 5) is 2.25. The summed E-state index contributed by atoms with van der Waals surface area (Å²) in [5.74, 6) is 0. The molecule has 0 saturated heterocycles. The van der Waals surface area contributed by atoms with E-state index in [1.165, 1.54) is 16.7 Å². The lowest BCUT2D eigenvalue weighted by molar-refractivity contribution is 0.190. The van der Waals surface area contributed by atoms with E-state index in [-0.39, 0.29) is 5.54 Å². The highest BCUT2D eigenvalue weighted by molar-refractivity contribution is 5.29. The van der Waals surface area contributed by atoms with Crippen LogP contribution in [0.4, 0.5) is 0 Å². The van der Waals surface area contributed by atoms with Gasteiger partial charge in [0.1, 0.15) is 0 Å². The van der Waals surface area contributed by atoms with E-state index in [0.29, 0.717) is 0 Å². The molecule has 0 radical (unpaired) electrons. The molecule has 0 unspecified atom stereocenters. The molecule has 1 aromatic rings. The van der Waals surface area contributed by atoms with Crippen molar-refractivity contribution in [3.63, 3.8) is 0 Å². The Morgan fingerprint density at radius 1 is 1.12 bits per heavy atom. The number of aryl methyl sites for hydroxylation is 2. The minimum Gasteiger partial charge on any atom is -0.311 e. The van der Waals surface area contributed by atoms with Crippen molar-refractivity contribution >= 4 is 0 Å². The summed E-state index contributed by atoms with van der Waals surface area (Å²) in [5.41, 5.74) is 4.29. The number of nitrogens with zero attached hydrogens (tertiary/aromatic N) is 1. The molecular weight excluding hydrogens is 208 g/mol. The summed E-state index contributed by atoms with van der Waals surface area (Å²) in [6.07, 6.45) is 0. The molecule has 0 aliphatic heterocycles. The average molecular weight is 234 g/mol. The van der Waals surface area contributed by atoms with Gasteiger partial charge in [0.2, 0.25) is 0 Å². The maximum absolute atomic E-state index is 3.53. The topological polar surface area (TPSA) is 15.3 Å². The fourth-order valence-electron chi connectivity index (χ4n) is 1.58. The standard InChI is InChI=1S/C15H26N2/c1-12-7-8-14(9-13(12)2)10-16-11-15(3,4)17(5)6/h7-9,16H,10-11H2,1-6H3. The first-order valence-electron chi connectivity index (χ1n) is 6.27. The molecule has 0 amide bonds. The average Bonchev–Trinajstić information content (AvgIpc) is 2.23. The Labute approximate surface area is 106 Å². The van der Waals surface area contributed by atoms with Gasteiger partial charge in [-0.1, -0.05) is 18.2 Å². The lowest BCUT2D eigenvalue weighted by atomic mass is 10.0. The van der Waals surface area contributed by atoms with Crippen molar-refractivity contribution in [2.45, 2.75) is 39.8 Å². The van der Waals surface area contributed by atoms with E-state index in [9.17, 15) is 0 Å². The zero-order valence-electron chi connectivity index (χ0n) is 12.1. The molecule has 0 heterocycles. The molecule has 0 bridgehead atoms. The van der Waals surface area contributed by atoms with Gasteiger partial charge in [-0.15, -0.1) is 0 Å². The molecule has 0 aliphatic carbocycles. The van der Waals surface area contributed by atoms with E-state index >= 15 is 0 Å². The monoisotopic (exact) mass is 234 g/mol. The van der Waals surface area contributed by atoms with Crippen molar-refractivity contribution in [3.05, 3.63) is 34.9 Å². The molecule has 1 aromatic carbocycles. The summed E-state index contributed by atoms with van der Waals surface area (Å²) >= 11 is 0. The molecule has 2 heteroatoms. The molecule has 2 nitrogen and oxygen atoms in total. The number of hydrogen-bond acceptors (Lipinski definition) is 2. The zero-order chi connectivity index (χ0) is 13.1. The van der Waals surface area contributed by atoms with Crippen molar-refractivity contribution in [3.8, 4) is 0 Å². The summed E-state index contributed by atoms with van der Waals surface area (Å²) in [6, 6.07) is 6.67. The Morgan fingerprint density at radius 3 is 2.29 bits per heavy atom. The van der Waals surface area contributed by atoms with Gasteiger partial charge in [-0.25, -0.2) is 0 Å². The minimum atomic E-state index is 0.194. The van der Waals surface area contributed by atoms with E-state index in [0.717, 1.165) is 13.1 Å². The smallest absolute Gasteiger partial charge is 0.0271 e. The molecule has 0 atom stereocenters. The molecule has 1 rings (SSSR count). The van der Waals surface area contributed by atoms with Crippen LogP contribution in [0.3, 0.4) is 0 Å². The second kappa shape index (κ2) is 5.65. The quantitative estimate of drug-likeness (QED) is 0.843. The molecule has 0 spiro atoms. The van der Waals surface area contributed by atoms with Crippen LogP contribution in [0.25, 0.3) is 0 Å². The van der Waals surface area contributed by atoms with Gasteiger partial charge in [-0.3, -0.25) is 0 Å². The van der Waals surface area contributed by atoms with Crippen molar-refractivity contribution < 1.29 is 0 Å². The van der Waals surface area contributed by atoms with Crippen LogP contribution < -0.4 is 5.32 Å². The summed E-state index contributed by atoms with van der Waals surface area (Å²) in [6.45, 7) is 10.8. The Morgan fingerprint density at radius 2 is 1.76 bits per heavy atom. The third-order valence-electron chi connectivity index (χ3n) is 3.67. The second-order valence-corrected chi connectivity index (χ2v) is 5.73. The molecule has 17 heavy (non-hydrogen) atoms. The van der Waals surface area contributed by atoms with Crippen LogP contribution in [-0.2, 0) is 6.54 Å². The van der Waals surface area contributed by atoms with Crippen molar-refractivity contribution in [1.29, 1.82) is 0 Å². The Balaban J connectivity index is 2.49. The van der Waals surface area contributed by atoms with Gasteiger partial charge in [-0.05, 0) is 58.5 Å². The highest BCUT2D eigenvalue weighted by atomic mass is 15.2. The summed E-state index contributed by atoms with van der Waals surface area (Å²) < 4.78 is 0. The number of nitrogens with one attached hydrogen (secondary N) is 1. The normalized spacial score (nSPS) is 12.2. The van der Waals surface area contributed by atoms with E-state index in [4.69, 9.17) is 0 Å². The van der Waals surface area contributed by atoms with Crippen LogP contribution in [0.5, 0.6) is 0 Å². The highest BCUT2D eigenvalue weighted by Crippen LogP contribution is 2.11. The molecule has 0 fully saturated rings. The van der Waals surface area contributed by atoms with Crippen molar-refractivity contribution in [2.24, 2.45) is 0 Å². The lowest BCUT2D eigenvalue weighted by Crippen LogP contribution is -2.46. The van der Waals surface area contributed by atoms with Gasteiger partial charge in [0, 0.05) is 18.6 Å². The van der Waals surface area contributed by atoms with Gasteiger partial charge in [0.25, 0.3) is 0 Å². The van der Waals surface area contributed by atoms with Gasteiger partial charge in [0.05, 0.1) is 0 Å². The van der Waals surface area contributed by atoms with Crippen LogP contribution in [-0.4, -0.2) is 31.1 Å². The van der Waals surface area contributed by atoms with Crippen LogP contribution in [0.15, 0.2) is 18.2 Å². The van der Waals surface area contributed by atoms with Gasteiger partial charge >= 0.3 is 0 Å². The van der Waals surface area contributed by atoms with Gasteiger partial charge in [-0.2, -0.15) is 0 Å². The van der Waals surface area contributed by atoms with Crippen LogP contribution in [0.1, 0.15) is 30.5 Å². The number of likely N-dealkylation sites (N-methyl/N-ethyl adjacent to an activating group) is 1. The SMILES string of the molecule is Cc1ccc(CNCC(C)(C)N(C)C)cc1C. The first-order chi connectivity index (χ1) is 7.83. The van der Waals surface area contributed by atoms with Crippen molar-refractivity contribution in [2.75, 3.05) is 20.6 Å². The first kappa shape index (κ1) is 14.2. The first-order valence-corrected chi connectivity index (χ1v) is 6.27. The maximum Gasteiger partial charge on any atom is 0.0271 e. The summed E-state index contributed by atoms with van der Waals surface area (Å²) in [5, 5.41) is 3.53. The number of rotatable bonds is 5. The fourth-order valence-corrected chi connectivity index (χ4v) is 1.58. The Kier molecular flexibility index (Phi) is 4.72. The van der Waals surface area contributed by atoms with E-state index in [2.05, 4.69) is 70.2 Å². The zero-order valence-corrected chi connectivity index (χ0v) is 12.1. The number of hydrogen-bond donors (Lipinski definition) is 1. The molecule has 0 aliphatic rings. The molecule has 1 N–H and O–H groups in total. The van der Waals surface area contributed by atoms with E-state index in [1.807, 2.05) is 0 Å². The van der Waals surface area contributed by atoms with Crippen molar-refractivity contribution in [1.82, 2.24) is 10.2 Å². The molecule has 0 aromatic heterocycles. The van der Waals surface area contributed by atoms with E-state index in [1.54, 1.807) is 0 Å². The second-order valence-electron chi connectivity index (χ2n) is 5.73. The summed E-state index contributed by atoms with van der Waals surface area (Å²) in [7, 11) is 4.25. The highest BCUT2D eigenvalue weighted by Gasteiger charge is 2.19. The fraction of sp³-hybridized carbons (Fsp3) is 0.600. The van der Waals surface area contributed by atoms with Crippen LogP contribution in [0.2, 0.25) is 0 Å². The third kappa shape index (κ3) is 4.14. The predicted octanol–water partition coefficient (Wildman–Crippen LogP) is 2.73.